The van der Waals surface area contributed by atoms with E-state index in [0.29, 0.717) is 18.7 Å². The third-order valence-corrected chi connectivity index (χ3v) is 8.79. The number of nitrogens with zero attached hydrogens (tertiary/aromatic N) is 3. The highest BCUT2D eigenvalue weighted by Crippen LogP contribution is 2.42. The fourth-order valence-corrected chi connectivity index (χ4v) is 6.45. The van der Waals surface area contributed by atoms with E-state index >= 15 is 0 Å². The van der Waals surface area contributed by atoms with Crippen LogP contribution in [0.15, 0.2) is 128 Å². The molecule has 0 bridgehead atoms. The minimum atomic E-state index is -1.03. The van der Waals surface area contributed by atoms with Gasteiger partial charge >= 0.3 is 0 Å². The molecule has 0 saturated carbocycles. The summed E-state index contributed by atoms with van der Waals surface area (Å²) in [7, 11) is 1.64. The second-order valence-electron chi connectivity index (χ2n) is 11.3. The number of benzene rings is 4. The topological polar surface area (TPSA) is 67.6 Å². The molecule has 2 heterocycles. The molecular formula is C37H37N3O3. The van der Waals surface area contributed by atoms with Crippen molar-refractivity contribution >= 4 is 5.91 Å². The maximum absolute atomic E-state index is 13.9. The Bertz CT molecular complexity index is 1540. The second-order valence-corrected chi connectivity index (χ2v) is 11.3. The molecule has 1 saturated heterocycles. The van der Waals surface area contributed by atoms with Gasteiger partial charge in [-0.25, -0.2) is 4.98 Å². The number of amides is 1. The van der Waals surface area contributed by atoms with Gasteiger partial charge in [0.25, 0.3) is 0 Å². The minimum Gasteiger partial charge on any atom is -0.497 e. The van der Waals surface area contributed by atoms with Crippen molar-refractivity contribution in [3.63, 3.8) is 0 Å². The first-order valence-electron chi connectivity index (χ1n) is 14.8. The van der Waals surface area contributed by atoms with Gasteiger partial charge in [-0.2, -0.15) is 0 Å². The number of carbonyl (C=O) groups is 1. The largest absolute Gasteiger partial charge is 0.497 e. The van der Waals surface area contributed by atoms with Crippen molar-refractivity contribution in [2.75, 3.05) is 7.11 Å². The lowest BCUT2D eigenvalue weighted by atomic mass is 9.76. The second kappa shape index (κ2) is 12.3. The molecule has 1 N–H and O–H groups in total. The van der Waals surface area contributed by atoms with E-state index in [-0.39, 0.29) is 11.9 Å². The maximum Gasteiger partial charge on any atom is 0.229 e. The Labute approximate surface area is 253 Å². The highest BCUT2D eigenvalue weighted by atomic mass is 16.5. The number of ether oxygens (including phenoxy) is 1. The van der Waals surface area contributed by atoms with Gasteiger partial charge in [-0.05, 0) is 54.2 Å². The minimum absolute atomic E-state index is 0.0444. The molecule has 0 radical (unpaired) electrons. The highest BCUT2D eigenvalue weighted by Gasteiger charge is 2.41. The molecule has 6 heteroatoms. The third kappa shape index (κ3) is 5.35. The van der Waals surface area contributed by atoms with Crippen LogP contribution in [-0.2, 0) is 16.9 Å². The van der Waals surface area contributed by atoms with Crippen molar-refractivity contribution in [1.29, 1.82) is 0 Å². The van der Waals surface area contributed by atoms with Crippen LogP contribution in [-0.4, -0.2) is 38.6 Å². The van der Waals surface area contributed by atoms with E-state index in [1.807, 2.05) is 90.0 Å². The summed E-state index contributed by atoms with van der Waals surface area (Å²) in [5, 5.41) is 11.7. The first kappa shape index (κ1) is 28.4. The van der Waals surface area contributed by atoms with E-state index < -0.39 is 17.6 Å². The predicted octanol–water partition coefficient (Wildman–Crippen LogP) is 6.59. The van der Waals surface area contributed by atoms with Gasteiger partial charge < -0.3 is 19.3 Å². The Morgan fingerprint density at radius 1 is 0.837 bits per heavy atom. The molecule has 0 aliphatic carbocycles. The van der Waals surface area contributed by atoms with Gasteiger partial charge in [0.05, 0.1) is 25.0 Å². The molecule has 1 aliphatic heterocycles. The Morgan fingerprint density at radius 2 is 1.37 bits per heavy atom. The molecule has 218 valence electrons. The van der Waals surface area contributed by atoms with Gasteiger partial charge in [0.1, 0.15) is 17.4 Å². The van der Waals surface area contributed by atoms with Crippen LogP contribution < -0.4 is 4.74 Å². The van der Waals surface area contributed by atoms with Gasteiger partial charge in [0.2, 0.25) is 5.91 Å². The summed E-state index contributed by atoms with van der Waals surface area (Å²) < 4.78 is 7.37. The van der Waals surface area contributed by atoms with Crippen LogP contribution in [0.4, 0.5) is 0 Å². The maximum atomic E-state index is 13.9. The van der Waals surface area contributed by atoms with Gasteiger partial charge in [0.15, 0.2) is 0 Å². The average molecular weight is 572 g/mol. The van der Waals surface area contributed by atoms with Crippen molar-refractivity contribution in [3.05, 3.63) is 156 Å². The Morgan fingerprint density at radius 3 is 1.88 bits per heavy atom. The zero-order chi connectivity index (χ0) is 29.8. The van der Waals surface area contributed by atoms with Crippen LogP contribution in [0.2, 0.25) is 0 Å². The van der Waals surface area contributed by atoms with Crippen LogP contribution in [0.25, 0.3) is 0 Å². The molecule has 6 nitrogen and oxygen atoms in total. The lowest BCUT2D eigenvalue weighted by Gasteiger charge is -2.39. The van der Waals surface area contributed by atoms with E-state index in [4.69, 9.17) is 9.72 Å². The molecule has 1 aliphatic rings. The number of methoxy groups -OCH3 is 1. The van der Waals surface area contributed by atoms with Gasteiger partial charge in [-0.3, -0.25) is 4.79 Å². The summed E-state index contributed by atoms with van der Waals surface area (Å²) in [5.41, 5.74) is 3.99. The fourth-order valence-electron chi connectivity index (χ4n) is 6.45. The summed E-state index contributed by atoms with van der Waals surface area (Å²) in [6.45, 7) is 2.56. The number of piperidine rings is 1. The number of likely N-dealkylation sites (tertiary alicyclic amines) is 1. The van der Waals surface area contributed by atoms with Gasteiger partial charge in [-0.1, -0.05) is 103 Å². The first-order chi connectivity index (χ1) is 21.0. The molecule has 2 unspecified atom stereocenters. The fraction of sp³-hybridized carbons (Fsp3) is 0.243. The molecule has 3 atom stereocenters. The van der Waals surface area contributed by atoms with Crippen LogP contribution in [0.1, 0.15) is 53.8 Å². The summed E-state index contributed by atoms with van der Waals surface area (Å²) in [6, 6.07) is 38.9. The molecule has 43 heavy (non-hydrogen) atoms. The lowest BCUT2D eigenvalue weighted by Crippen LogP contribution is -2.47. The first-order valence-corrected chi connectivity index (χ1v) is 14.8. The van der Waals surface area contributed by atoms with E-state index in [2.05, 4.69) is 47.9 Å². The molecule has 1 aromatic heterocycles. The highest BCUT2D eigenvalue weighted by molar-refractivity contribution is 5.80. The van der Waals surface area contributed by atoms with Crippen molar-refractivity contribution in [3.8, 4) is 5.75 Å². The Balaban J connectivity index is 1.36. The summed E-state index contributed by atoms with van der Waals surface area (Å²) >= 11 is 0. The SMILES string of the molecule is COc1ccc(CN2C(=O)C(C(O)c3cn(C(c4ccccc4)(c4ccccc4)c4ccccc4)cn3)CC[C@@H]2C)cc1. The van der Waals surface area contributed by atoms with E-state index in [1.165, 1.54) is 0 Å². The van der Waals surface area contributed by atoms with Crippen molar-refractivity contribution in [2.24, 2.45) is 5.92 Å². The quantitative estimate of drug-likeness (QED) is 0.203. The summed E-state index contributed by atoms with van der Waals surface area (Å²) in [6.07, 6.45) is 4.09. The Kier molecular flexibility index (Phi) is 8.12. The number of aromatic nitrogens is 2. The number of aliphatic hydroxyl groups is 1. The molecule has 4 aromatic carbocycles. The van der Waals surface area contributed by atoms with Crippen molar-refractivity contribution in [2.45, 2.75) is 44.0 Å². The molecule has 1 fully saturated rings. The Hall–Kier alpha value is -4.68. The number of hydrogen-bond acceptors (Lipinski definition) is 4. The van der Waals surface area contributed by atoms with Crippen LogP contribution in [0.5, 0.6) is 5.75 Å². The molecule has 6 rings (SSSR count). The number of imidazole rings is 1. The predicted molar refractivity (Wildman–Crippen MR) is 168 cm³/mol. The van der Waals surface area contributed by atoms with Crippen molar-refractivity contribution < 1.29 is 14.6 Å². The average Bonchev–Trinajstić information content (AvgIpc) is 3.56. The third-order valence-electron chi connectivity index (χ3n) is 8.79. The standard InChI is InChI=1S/C37H37N3O3/c1-27-18-23-33(36(42)40(27)24-28-19-21-32(43-2)22-20-28)35(41)34-25-39(26-38-34)37(29-12-6-3-7-13-29,30-14-8-4-9-15-30)31-16-10-5-11-17-31/h3-17,19-22,25-27,33,35,41H,18,23-24H2,1-2H3/t27-,33?,35?/m0/s1. The zero-order valence-electron chi connectivity index (χ0n) is 24.6. The van der Waals surface area contributed by atoms with Crippen molar-refractivity contribution in [1.82, 2.24) is 14.5 Å². The van der Waals surface area contributed by atoms with Gasteiger partial charge in [-0.15, -0.1) is 0 Å². The number of hydrogen-bond donors (Lipinski definition) is 1. The number of rotatable bonds is 9. The van der Waals surface area contributed by atoms with Gasteiger partial charge in [0, 0.05) is 18.8 Å². The van der Waals surface area contributed by atoms with E-state index in [1.54, 1.807) is 13.4 Å². The molecule has 0 spiro atoms. The van der Waals surface area contributed by atoms with E-state index in [0.717, 1.165) is 34.4 Å². The summed E-state index contributed by atoms with van der Waals surface area (Å²) in [4.78, 5) is 20.5. The molecule has 5 aromatic rings. The van der Waals surface area contributed by atoms with Crippen LogP contribution >= 0.6 is 0 Å². The molecule has 1 amide bonds. The van der Waals surface area contributed by atoms with Crippen LogP contribution in [0.3, 0.4) is 0 Å². The van der Waals surface area contributed by atoms with Crippen LogP contribution in [0, 0.1) is 5.92 Å². The smallest absolute Gasteiger partial charge is 0.229 e. The molecular weight excluding hydrogens is 534 g/mol. The monoisotopic (exact) mass is 571 g/mol. The van der Waals surface area contributed by atoms with E-state index in [9.17, 15) is 9.90 Å². The number of carbonyl (C=O) groups excluding carboxylic acids is 1. The normalized spacial score (nSPS) is 17.9. The summed E-state index contributed by atoms with van der Waals surface area (Å²) in [5.74, 6) is 0.165. The lowest BCUT2D eigenvalue weighted by molar-refractivity contribution is -0.147. The number of aliphatic hydroxyl groups excluding tert-OH is 1. The zero-order valence-corrected chi connectivity index (χ0v) is 24.6.